The molecule has 0 bridgehead atoms. The fourth-order valence-corrected chi connectivity index (χ4v) is 1.52. The van der Waals surface area contributed by atoms with Crippen LogP contribution in [0.5, 0.6) is 0 Å². The number of carbonyl (C=O) groups is 1. The predicted molar refractivity (Wildman–Crippen MR) is 65.7 cm³/mol. The van der Waals surface area contributed by atoms with Crippen LogP contribution in [0.25, 0.3) is 0 Å². The molecule has 1 amide bonds. The number of nitrogens with zero attached hydrogens (tertiary/aromatic N) is 3. The first-order chi connectivity index (χ1) is 8.22. The van der Waals surface area contributed by atoms with Crippen molar-refractivity contribution in [1.82, 2.24) is 10.3 Å². The summed E-state index contributed by atoms with van der Waals surface area (Å²) in [6.45, 7) is 3.46. The van der Waals surface area contributed by atoms with E-state index in [1.807, 2.05) is 17.9 Å². The lowest BCUT2D eigenvalue weighted by Gasteiger charge is -2.21. The molecule has 0 unspecified atom stereocenters. The third-order valence-corrected chi connectivity index (χ3v) is 2.44. The Labute approximate surface area is 101 Å². The Balaban J connectivity index is 2.89. The average molecular weight is 232 g/mol. The summed E-state index contributed by atoms with van der Waals surface area (Å²) in [4.78, 5) is 17.5. The Hall–Kier alpha value is -2.09. The van der Waals surface area contributed by atoms with Crippen LogP contribution in [0, 0.1) is 11.3 Å². The van der Waals surface area contributed by atoms with Crippen molar-refractivity contribution in [1.29, 1.82) is 5.26 Å². The molecule has 0 saturated heterocycles. The van der Waals surface area contributed by atoms with E-state index in [-0.39, 0.29) is 5.91 Å². The van der Waals surface area contributed by atoms with Gasteiger partial charge in [-0.05, 0) is 19.1 Å². The van der Waals surface area contributed by atoms with E-state index in [1.165, 1.54) is 0 Å². The highest BCUT2D eigenvalue weighted by atomic mass is 16.1. The van der Waals surface area contributed by atoms with Gasteiger partial charge in [-0.2, -0.15) is 5.26 Å². The van der Waals surface area contributed by atoms with E-state index in [1.54, 1.807) is 19.3 Å². The van der Waals surface area contributed by atoms with Crippen LogP contribution in [0.15, 0.2) is 18.3 Å². The summed E-state index contributed by atoms with van der Waals surface area (Å²) in [5, 5.41) is 11.1. The van der Waals surface area contributed by atoms with E-state index in [4.69, 9.17) is 5.26 Å². The first-order valence-corrected chi connectivity index (χ1v) is 5.53. The predicted octanol–water partition coefficient (Wildman–Crippen LogP) is 1.18. The number of aromatic nitrogens is 1. The van der Waals surface area contributed by atoms with Crippen LogP contribution in [0.2, 0.25) is 0 Å². The Morgan fingerprint density at radius 1 is 1.65 bits per heavy atom. The van der Waals surface area contributed by atoms with Gasteiger partial charge in [0.2, 0.25) is 0 Å². The lowest BCUT2D eigenvalue weighted by atomic mass is 10.2. The number of nitriles is 1. The highest BCUT2D eigenvalue weighted by molar-refractivity contribution is 5.92. The molecule has 1 aromatic rings. The van der Waals surface area contributed by atoms with Crippen molar-refractivity contribution in [3.8, 4) is 6.07 Å². The summed E-state index contributed by atoms with van der Waals surface area (Å²) in [5.41, 5.74) is 1.30. The van der Waals surface area contributed by atoms with Crippen LogP contribution in [0.1, 0.15) is 23.8 Å². The van der Waals surface area contributed by atoms with E-state index in [2.05, 4.69) is 16.4 Å². The van der Waals surface area contributed by atoms with Gasteiger partial charge in [0.05, 0.1) is 12.5 Å². The van der Waals surface area contributed by atoms with Crippen molar-refractivity contribution in [2.24, 2.45) is 0 Å². The fraction of sp³-hybridized carbons (Fsp3) is 0.417. The number of hydrogen-bond acceptors (Lipinski definition) is 4. The van der Waals surface area contributed by atoms with Gasteiger partial charge in [0.25, 0.3) is 5.91 Å². The van der Waals surface area contributed by atoms with Gasteiger partial charge in [-0.3, -0.25) is 9.78 Å². The molecule has 17 heavy (non-hydrogen) atoms. The zero-order chi connectivity index (χ0) is 12.7. The molecule has 0 radical (unpaired) electrons. The van der Waals surface area contributed by atoms with Crippen LogP contribution in [0.3, 0.4) is 0 Å². The summed E-state index contributed by atoms with van der Waals surface area (Å²) < 4.78 is 0. The number of pyridine rings is 1. The van der Waals surface area contributed by atoms with E-state index < -0.39 is 0 Å². The van der Waals surface area contributed by atoms with Gasteiger partial charge in [-0.15, -0.1) is 0 Å². The molecular weight excluding hydrogens is 216 g/mol. The van der Waals surface area contributed by atoms with E-state index in [9.17, 15) is 4.79 Å². The van der Waals surface area contributed by atoms with Gasteiger partial charge in [0.15, 0.2) is 0 Å². The monoisotopic (exact) mass is 232 g/mol. The molecule has 0 spiro atoms. The molecule has 0 aliphatic heterocycles. The Morgan fingerprint density at radius 3 is 3.00 bits per heavy atom. The SMILES string of the molecule is CCN(CCC#N)c1ccnc(C(=O)NC)c1. The zero-order valence-corrected chi connectivity index (χ0v) is 10.1. The summed E-state index contributed by atoms with van der Waals surface area (Å²) in [5.74, 6) is -0.205. The maximum Gasteiger partial charge on any atom is 0.269 e. The first-order valence-electron chi connectivity index (χ1n) is 5.53. The molecule has 5 nitrogen and oxygen atoms in total. The third kappa shape index (κ3) is 3.45. The van der Waals surface area contributed by atoms with E-state index >= 15 is 0 Å². The summed E-state index contributed by atoms with van der Waals surface area (Å²) >= 11 is 0. The highest BCUT2D eigenvalue weighted by Crippen LogP contribution is 2.14. The van der Waals surface area contributed by atoms with E-state index in [0.29, 0.717) is 18.7 Å². The number of carbonyl (C=O) groups excluding carboxylic acids is 1. The van der Waals surface area contributed by atoms with Gasteiger partial charge in [0.1, 0.15) is 5.69 Å². The average Bonchev–Trinajstić information content (AvgIpc) is 2.39. The van der Waals surface area contributed by atoms with Crippen LogP contribution < -0.4 is 10.2 Å². The minimum atomic E-state index is -0.205. The second-order valence-corrected chi connectivity index (χ2v) is 3.47. The molecule has 0 saturated carbocycles. The van der Waals surface area contributed by atoms with Gasteiger partial charge in [0, 0.05) is 32.0 Å². The third-order valence-electron chi connectivity index (χ3n) is 2.44. The zero-order valence-electron chi connectivity index (χ0n) is 10.1. The largest absolute Gasteiger partial charge is 0.371 e. The fourth-order valence-electron chi connectivity index (χ4n) is 1.52. The maximum atomic E-state index is 11.4. The maximum absolute atomic E-state index is 11.4. The lowest BCUT2D eigenvalue weighted by Crippen LogP contribution is -2.25. The summed E-state index contributed by atoms with van der Waals surface area (Å²) in [6.07, 6.45) is 2.07. The molecule has 1 N–H and O–H groups in total. The number of nitrogens with one attached hydrogen (secondary N) is 1. The van der Waals surface area contributed by atoms with Crippen molar-refractivity contribution in [2.45, 2.75) is 13.3 Å². The lowest BCUT2D eigenvalue weighted by molar-refractivity contribution is 0.0958. The van der Waals surface area contributed by atoms with Crippen LogP contribution >= 0.6 is 0 Å². The van der Waals surface area contributed by atoms with Crippen LogP contribution in [-0.2, 0) is 0 Å². The molecule has 0 aliphatic rings. The highest BCUT2D eigenvalue weighted by Gasteiger charge is 2.09. The molecule has 1 aromatic heterocycles. The Morgan fingerprint density at radius 2 is 2.41 bits per heavy atom. The molecule has 1 heterocycles. The molecule has 0 aliphatic carbocycles. The minimum absolute atomic E-state index is 0.205. The van der Waals surface area contributed by atoms with Crippen molar-refractivity contribution in [3.05, 3.63) is 24.0 Å². The summed E-state index contributed by atoms with van der Waals surface area (Å²) in [7, 11) is 1.57. The van der Waals surface area contributed by atoms with Crippen molar-refractivity contribution in [2.75, 3.05) is 25.0 Å². The molecule has 0 aromatic carbocycles. The Kier molecular flexibility index (Phi) is 4.95. The summed E-state index contributed by atoms with van der Waals surface area (Å²) in [6, 6.07) is 5.69. The van der Waals surface area contributed by atoms with Gasteiger partial charge in [-0.25, -0.2) is 0 Å². The Bertz CT molecular complexity index is 425. The molecule has 0 atom stereocenters. The first kappa shape index (κ1) is 13.0. The topological polar surface area (TPSA) is 69.0 Å². The van der Waals surface area contributed by atoms with Crippen molar-refractivity contribution in [3.63, 3.8) is 0 Å². The van der Waals surface area contributed by atoms with Crippen molar-refractivity contribution < 1.29 is 4.79 Å². The minimum Gasteiger partial charge on any atom is -0.371 e. The number of amides is 1. The molecule has 90 valence electrons. The number of rotatable bonds is 5. The van der Waals surface area contributed by atoms with Crippen molar-refractivity contribution >= 4 is 11.6 Å². The smallest absolute Gasteiger partial charge is 0.269 e. The molecule has 5 heteroatoms. The molecular formula is C12H16N4O. The second kappa shape index (κ2) is 6.48. The van der Waals surface area contributed by atoms with Crippen LogP contribution in [-0.4, -0.2) is 31.0 Å². The molecule has 0 fully saturated rings. The van der Waals surface area contributed by atoms with Gasteiger partial charge in [-0.1, -0.05) is 0 Å². The van der Waals surface area contributed by atoms with Crippen LogP contribution in [0.4, 0.5) is 5.69 Å². The quantitative estimate of drug-likeness (QED) is 0.827. The number of anilines is 1. The normalized spacial score (nSPS) is 9.47. The number of hydrogen-bond donors (Lipinski definition) is 1. The van der Waals surface area contributed by atoms with E-state index in [0.717, 1.165) is 12.2 Å². The standard InChI is InChI=1S/C12H16N4O/c1-3-16(8-4-6-13)10-5-7-15-11(9-10)12(17)14-2/h5,7,9H,3-4,8H2,1-2H3,(H,14,17). The van der Waals surface area contributed by atoms with Gasteiger partial charge < -0.3 is 10.2 Å². The van der Waals surface area contributed by atoms with Gasteiger partial charge >= 0.3 is 0 Å². The second-order valence-electron chi connectivity index (χ2n) is 3.47. The molecule has 1 rings (SSSR count).